The van der Waals surface area contributed by atoms with Crippen LogP contribution in [-0.4, -0.2) is 49.2 Å². The van der Waals surface area contributed by atoms with Crippen LogP contribution in [-0.2, 0) is 4.74 Å². The standard InChI is InChI=1S/C12H12Cl2N2O4/c13-4-1-2-5-6(3-4)16-12(15-5)10-8(18)7(17)9(20-10)11(14)19/h1-3,7-11,17-19H,(H,15,16)/t7-,8+,9-,10+,11?/m0/s1. The number of hydrogen-bond donors (Lipinski definition) is 4. The Morgan fingerprint density at radius 3 is 2.70 bits per heavy atom. The van der Waals surface area contributed by atoms with Crippen molar-refractivity contribution in [2.45, 2.75) is 30.0 Å². The number of aromatic nitrogens is 2. The number of hydrogen-bond acceptors (Lipinski definition) is 5. The van der Waals surface area contributed by atoms with E-state index in [1.54, 1.807) is 18.2 Å². The van der Waals surface area contributed by atoms with Crippen molar-refractivity contribution in [3.8, 4) is 0 Å². The lowest BCUT2D eigenvalue weighted by atomic mass is 10.1. The zero-order chi connectivity index (χ0) is 14.4. The van der Waals surface area contributed by atoms with Gasteiger partial charge < -0.3 is 25.0 Å². The fourth-order valence-electron chi connectivity index (χ4n) is 2.29. The van der Waals surface area contributed by atoms with E-state index < -0.39 is 30.0 Å². The summed E-state index contributed by atoms with van der Waals surface area (Å²) < 4.78 is 5.38. The molecule has 1 aromatic heterocycles. The van der Waals surface area contributed by atoms with Crippen molar-refractivity contribution >= 4 is 34.2 Å². The molecule has 0 aliphatic carbocycles. The van der Waals surface area contributed by atoms with Crippen molar-refractivity contribution in [2.24, 2.45) is 0 Å². The Hall–Kier alpha value is -0.890. The number of nitrogens with zero attached hydrogens (tertiary/aromatic N) is 1. The normalized spacial score (nSPS) is 31.9. The van der Waals surface area contributed by atoms with Gasteiger partial charge in [-0.1, -0.05) is 23.2 Å². The maximum Gasteiger partial charge on any atom is 0.156 e. The monoisotopic (exact) mass is 318 g/mol. The number of benzene rings is 1. The Bertz CT molecular complexity index is 633. The Balaban J connectivity index is 1.95. The second-order valence-corrected chi connectivity index (χ2v) is 5.54. The first kappa shape index (κ1) is 14.1. The maximum absolute atomic E-state index is 9.98. The van der Waals surface area contributed by atoms with Gasteiger partial charge in [0.1, 0.15) is 30.2 Å². The second kappa shape index (κ2) is 5.14. The van der Waals surface area contributed by atoms with E-state index in [0.717, 1.165) is 0 Å². The highest BCUT2D eigenvalue weighted by molar-refractivity contribution is 6.31. The van der Waals surface area contributed by atoms with Crippen molar-refractivity contribution in [2.75, 3.05) is 0 Å². The van der Waals surface area contributed by atoms with E-state index in [-0.39, 0.29) is 0 Å². The van der Waals surface area contributed by atoms with Crippen LogP contribution in [0.15, 0.2) is 18.2 Å². The number of aliphatic hydroxyl groups is 3. The largest absolute Gasteiger partial charge is 0.387 e. The number of aliphatic hydroxyl groups excluding tert-OH is 3. The van der Waals surface area contributed by atoms with Gasteiger partial charge in [-0.3, -0.25) is 0 Å². The number of ether oxygens (including phenoxy) is 1. The minimum atomic E-state index is -1.41. The number of H-pyrrole nitrogens is 1. The van der Waals surface area contributed by atoms with Gasteiger partial charge in [0, 0.05) is 5.02 Å². The molecule has 1 unspecified atom stereocenters. The Kier molecular flexibility index (Phi) is 3.62. The van der Waals surface area contributed by atoms with Gasteiger partial charge in [-0.05, 0) is 18.2 Å². The fraction of sp³-hybridized carbons (Fsp3) is 0.417. The molecule has 1 aliphatic rings. The molecule has 6 nitrogen and oxygen atoms in total. The summed E-state index contributed by atoms with van der Waals surface area (Å²) in [5.74, 6) is 0.341. The molecular formula is C12H12Cl2N2O4. The van der Waals surface area contributed by atoms with Crippen molar-refractivity contribution < 1.29 is 20.1 Å². The fourth-order valence-corrected chi connectivity index (χ4v) is 2.67. The van der Waals surface area contributed by atoms with E-state index in [9.17, 15) is 15.3 Å². The number of halogens is 2. The molecule has 1 fully saturated rings. The summed E-state index contributed by atoms with van der Waals surface area (Å²) in [7, 11) is 0. The first-order chi connectivity index (χ1) is 9.47. The number of aromatic amines is 1. The number of alkyl halides is 1. The minimum absolute atomic E-state index is 0.341. The zero-order valence-electron chi connectivity index (χ0n) is 10.1. The molecule has 0 radical (unpaired) electrons. The van der Waals surface area contributed by atoms with E-state index in [1.807, 2.05) is 0 Å². The SMILES string of the molecule is OC(Cl)[C@H]1O[C@@H](c2nc3ccc(Cl)cc3[nH]2)[C@H](O)[C@@H]1O. The van der Waals surface area contributed by atoms with Crippen molar-refractivity contribution in [1.82, 2.24) is 9.97 Å². The van der Waals surface area contributed by atoms with Gasteiger partial charge in [0.15, 0.2) is 5.56 Å². The van der Waals surface area contributed by atoms with Crippen molar-refractivity contribution in [3.05, 3.63) is 29.0 Å². The van der Waals surface area contributed by atoms with E-state index in [2.05, 4.69) is 9.97 Å². The topological polar surface area (TPSA) is 98.6 Å². The van der Waals surface area contributed by atoms with E-state index >= 15 is 0 Å². The van der Waals surface area contributed by atoms with Gasteiger partial charge in [0.05, 0.1) is 11.0 Å². The molecule has 108 valence electrons. The van der Waals surface area contributed by atoms with Crippen LogP contribution >= 0.6 is 23.2 Å². The predicted octanol–water partition coefficient (Wildman–Crippen LogP) is 0.935. The lowest BCUT2D eigenvalue weighted by Gasteiger charge is -2.14. The van der Waals surface area contributed by atoms with Crippen molar-refractivity contribution in [3.63, 3.8) is 0 Å². The Morgan fingerprint density at radius 1 is 1.30 bits per heavy atom. The second-order valence-electron chi connectivity index (χ2n) is 4.66. The van der Waals surface area contributed by atoms with Gasteiger partial charge in [0.2, 0.25) is 0 Å². The third-order valence-corrected chi connectivity index (χ3v) is 3.79. The van der Waals surface area contributed by atoms with Gasteiger partial charge >= 0.3 is 0 Å². The van der Waals surface area contributed by atoms with Crippen LogP contribution in [0.5, 0.6) is 0 Å². The molecule has 2 aromatic rings. The molecule has 1 saturated heterocycles. The molecule has 3 rings (SSSR count). The van der Waals surface area contributed by atoms with E-state index in [4.69, 9.17) is 27.9 Å². The highest BCUT2D eigenvalue weighted by Gasteiger charge is 2.47. The summed E-state index contributed by atoms with van der Waals surface area (Å²) in [5, 5.41) is 29.6. The number of imidazole rings is 1. The van der Waals surface area contributed by atoms with E-state index in [0.29, 0.717) is 21.9 Å². The van der Waals surface area contributed by atoms with E-state index in [1.165, 1.54) is 0 Å². The number of nitrogens with one attached hydrogen (secondary N) is 1. The summed E-state index contributed by atoms with van der Waals surface area (Å²) in [6.07, 6.45) is -4.49. The summed E-state index contributed by atoms with van der Waals surface area (Å²) in [4.78, 5) is 7.25. The van der Waals surface area contributed by atoms with Crippen LogP contribution in [0.3, 0.4) is 0 Å². The van der Waals surface area contributed by atoms with Gasteiger partial charge in [-0.15, -0.1) is 0 Å². The number of rotatable bonds is 2. The lowest BCUT2D eigenvalue weighted by molar-refractivity contribution is -0.0392. The Morgan fingerprint density at radius 2 is 2.05 bits per heavy atom. The lowest BCUT2D eigenvalue weighted by Crippen LogP contribution is -2.35. The number of fused-ring (bicyclic) bond motifs is 1. The Labute approximate surface area is 123 Å². The molecule has 2 heterocycles. The molecule has 4 N–H and O–H groups in total. The average Bonchev–Trinajstić information content (AvgIpc) is 2.92. The maximum atomic E-state index is 9.98. The van der Waals surface area contributed by atoms with Gasteiger partial charge in [-0.2, -0.15) is 0 Å². The van der Waals surface area contributed by atoms with Crippen LogP contribution in [0.25, 0.3) is 11.0 Å². The summed E-state index contributed by atoms with van der Waals surface area (Å²) in [6.45, 7) is 0. The molecule has 0 amide bonds. The molecule has 8 heteroatoms. The predicted molar refractivity (Wildman–Crippen MR) is 72.6 cm³/mol. The van der Waals surface area contributed by atoms with Crippen LogP contribution in [0, 0.1) is 0 Å². The van der Waals surface area contributed by atoms with Gasteiger partial charge in [0.25, 0.3) is 0 Å². The summed E-state index contributed by atoms with van der Waals surface area (Å²) >= 11 is 11.4. The molecular weight excluding hydrogens is 307 g/mol. The molecule has 1 aliphatic heterocycles. The zero-order valence-corrected chi connectivity index (χ0v) is 11.6. The van der Waals surface area contributed by atoms with Crippen LogP contribution < -0.4 is 0 Å². The first-order valence-corrected chi connectivity index (χ1v) is 6.77. The molecule has 0 spiro atoms. The van der Waals surface area contributed by atoms with Crippen molar-refractivity contribution in [1.29, 1.82) is 0 Å². The molecule has 5 atom stereocenters. The van der Waals surface area contributed by atoms with Gasteiger partial charge in [-0.25, -0.2) is 4.98 Å². The third kappa shape index (κ3) is 2.28. The summed E-state index contributed by atoms with van der Waals surface area (Å²) in [6, 6.07) is 5.11. The molecule has 20 heavy (non-hydrogen) atoms. The highest BCUT2D eigenvalue weighted by Crippen LogP contribution is 2.35. The summed E-state index contributed by atoms with van der Waals surface area (Å²) in [5.41, 5.74) is -0.0688. The smallest absolute Gasteiger partial charge is 0.156 e. The molecule has 0 saturated carbocycles. The average molecular weight is 319 g/mol. The minimum Gasteiger partial charge on any atom is -0.387 e. The van der Waals surface area contributed by atoms with Crippen LogP contribution in [0.4, 0.5) is 0 Å². The third-order valence-electron chi connectivity index (χ3n) is 3.30. The molecule has 1 aromatic carbocycles. The molecule has 0 bridgehead atoms. The quantitative estimate of drug-likeness (QED) is 0.618. The first-order valence-electron chi connectivity index (χ1n) is 5.96. The highest BCUT2D eigenvalue weighted by atomic mass is 35.5. The van der Waals surface area contributed by atoms with Crippen LogP contribution in [0.1, 0.15) is 11.9 Å². The van der Waals surface area contributed by atoms with Crippen LogP contribution in [0.2, 0.25) is 5.02 Å².